The molecule has 1 aliphatic heterocycles. The largest absolute Gasteiger partial charge is 0.388 e. The van der Waals surface area contributed by atoms with Crippen molar-refractivity contribution in [3.8, 4) is 0 Å². The highest BCUT2D eigenvalue weighted by atomic mass is 32.2. The summed E-state index contributed by atoms with van der Waals surface area (Å²) in [6.07, 6.45) is 0.572. The molecule has 0 bridgehead atoms. The predicted molar refractivity (Wildman–Crippen MR) is 148 cm³/mol. The summed E-state index contributed by atoms with van der Waals surface area (Å²) in [5.41, 5.74) is 6.03. The van der Waals surface area contributed by atoms with Crippen LogP contribution in [0.15, 0.2) is 71.6 Å². The van der Waals surface area contributed by atoms with E-state index in [0.717, 1.165) is 23.2 Å². The zero-order valence-corrected chi connectivity index (χ0v) is 22.8. The molecule has 3 N–H and O–H groups in total. The van der Waals surface area contributed by atoms with Crippen LogP contribution in [0.5, 0.6) is 0 Å². The van der Waals surface area contributed by atoms with Crippen molar-refractivity contribution < 1.29 is 23.5 Å². The molecule has 38 heavy (non-hydrogen) atoms. The van der Waals surface area contributed by atoms with Gasteiger partial charge in [0.2, 0.25) is 0 Å². The smallest absolute Gasteiger partial charge is 0.274 e. The number of anilines is 2. The molecule has 0 spiro atoms. The second-order valence-corrected chi connectivity index (χ2v) is 11.9. The lowest BCUT2D eigenvalue weighted by Gasteiger charge is -2.35. The second-order valence-electron chi connectivity index (χ2n) is 10.0. The summed E-state index contributed by atoms with van der Waals surface area (Å²) in [6, 6.07) is 19.5. The minimum atomic E-state index is -3.87. The van der Waals surface area contributed by atoms with Crippen LogP contribution in [0.1, 0.15) is 60.3 Å². The number of rotatable bonds is 9. The summed E-state index contributed by atoms with van der Waals surface area (Å²) in [7, 11) is -3.87. The molecule has 9 heteroatoms. The Morgan fingerprint density at radius 1 is 1.05 bits per heavy atom. The van der Waals surface area contributed by atoms with E-state index in [-0.39, 0.29) is 10.8 Å². The van der Waals surface area contributed by atoms with Gasteiger partial charge >= 0.3 is 0 Å². The van der Waals surface area contributed by atoms with E-state index in [1.165, 1.54) is 4.31 Å². The molecule has 0 saturated carbocycles. The van der Waals surface area contributed by atoms with Crippen LogP contribution < -0.4 is 14.7 Å². The number of sulfonamides is 1. The van der Waals surface area contributed by atoms with Crippen LogP contribution in [-0.4, -0.2) is 37.7 Å². The minimum absolute atomic E-state index is 0.115. The zero-order chi connectivity index (χ0) is 27.4. The van der Waals surface area contributed by atoms with Crippen molar-refractivity contribution in [1.29, 1.82) is 0 Å². The molecule has 1 aliphatic rings. The molecule has 0 radical (unpaired) electrons. The summed E-state index contributed by atoms with van der Waals surface area (Å²) in [4.78, 5) is 13.8. The Balaban J connectivity index is 1.64. The van der Waals surface area contributed by atoms with Gasteiger partial charge in [-0.25, -0.2) is 13.9 Å². The first-order valence-electron chi connectivity index (χ1n) is 12.9. The molecule has 3 aromatic carbocycles. The number of carbonyl (C=O) groups excluding carboxylic acids is 1. The number of hydrogen-bond acceptors (Lipinski definition) is 6. The Morgan fingerprint density at radius 2 is 1.71 bits per heavy atom. The molecule has 0 saturated heterocycles. The van der Waals surface area contributed by atoms with Gasteiger partial charge in [-0.3, -0.25) is 14.3 Å². The lowest BCUT2D eigenvalue weighted by molar-refractivity contribution is 0.0706. The highest BCUT2D eigenvalue weighted by molar-refractivity contribution is 7.92. The maximum Gasteiger partial charge on any atom is 0.274 e. The van der Waals surface area contributed by atoms with Gasteiger partial charge < -0.3 is 10.0 Å². The Kier molecular flexibility index (Phi) is 8.40. The van der Waals surface area contributed by atoms with Gasteiger partial charge in [-0.15, -0.1) is 0 Å². The standard InChI is InChI=1S/C29H35N3O5S/c1-4-21-7-11-24(12-8-21)32(18-20(2)3)38(36,37)25-13-14-27-26(17-25)28(33)15-16-31(27)19-22-5-9-23(10-6-22)29(34)30-35/h5-14,17,20,28,33,35H,4,15-16,18-19H2,1-3H3,(H,30,34). The molecule has 1 heterocycles. The highest BCUT2D eigenvalue weighted by Crippen LogP contribution is 2.37. The van der Waals surface area contributed by atoms with Crippen molar-refractivity contribution >= 4 is 27.3 Å². The van der Waals surface area contributed by atoms with Crippen molar-refractivity contribution in [3.63, 3.8) is 0 Å². The fourth-order valence-electron chi connectivity index (χ4n) is 4.71. The van der Waals surface area contributed by atoms with Gasteiger partial charge in [0.1, 0.15) is 0 Å². The normalized spacial score (nSPS) is 15.3. The van der Waals surface area contributed by atoms with E-state index in [4.69, 9.17) is 5.21 Å². The van der Waals surface area contributed by atoms with E-state index in [1.54, 1.807) is 35.8 Å². The van der Waals surface area contributed by atoms with Gasteiger partial charge in [0, 0.05) is 36.4 Å². The maximum atomic E-state index is 13.9. The number of aryl methyl sites for hydroxylation is 1. The van der Waals surface area contributed by atoms with Crippen LogP contribution in [0.25, 0.3) is 0 Å². The summed E-state index contributed by atoms with van der Waals surface area (Å²) in [5, 5.41) is 19.6. The van der Waals surface area contributed by atoms with E-state index < -0.39 is 22.0 Å². The van der Waals surface area contributed by atoms with Crippen LogP contribution in [0, 0.1) is 5.92 Å². The Hall–Kier alpha value is -3.40. The fraction of sp³-hybridized carbons (Fsp3) is 0.345. The number of hydroxylamine groups is 1. The monoisotopic (exact) mass is 537 g/mol. The summed E-state index contributed by atoms with van der Waals surface area (Å²) in [5.74, 6) is -0.464. The molecule has 1 amide bonds. The van der Waals surface area contributed by atoms with E-state index in [0.29, 0.717) is 42.9 Å². The Bertz CT molecular complexity index is 1370. The SMILES string of the molecule is CCc1ccc(N(CC(C)C)S(=O)(=O)c2ccc3c(c2)C(O)CCN3Cc2ccc(C(=O)NO)cc2)cc1. The predicted octanol–water partition coefficient (Wildman–Crippen LogP) is 4.66. The number of benzene rings is 3. The van der Waals surface area contributed by atoms with E-state index >= 15 is 0 Å². The lowest BCUT2D eigenvalue weighted by Crippen LogP contribution is -2.35. The molecular weight excluding hydrogens is 502 g/mol. The molecular formula is C29H35N3O5S. The van der Waals surface area contributed by atoms with E-state index in [9.17, 15) is 18.3 Å². The number of fused-ring (bicyclic) bond motifs is 1. The van der Waals surface area contributed by atoms with Crippen molar-refractivity contribution in [3.05, 3.63) is 89.0 Å². The molecule has 3 aromatic rings. The number of carbonyl (C=O) groups is 1. The third kappa shape index (κ3) is 5.85. The lowest BCUT2D eigenvalue weighted by atomic mass is 9.98. The highest BCUT2D eigenvalue weighted by Gasteiger charge is 2.30. The number of nitrogens with zero attached hydrogens (tertiary/aromatic N) is 2. The molecule has 1 atom stereocenters. The number of hydrogen-bond donors (Lipinski definition) is 3. The van der Waals surface area contributed by atoms with Crippen LogP contribution in [0.4, 0.5) is 11.4 Å². The minimum Gasteiger partial charge on any atom is -0.388 e. The summed E-state index contributed by atoms with van der Waals surface area (Å²) in [6.45, 7) is 7.49. The summed E-state index contributed by atoms with van der Waals surface area (Å²) < 4.78 is 29.2. The summed E-state index contributed by atoms with van der Waals surface area (Å²) >= 11 is 0. The van der Waals surface area contributed by atoms with Crippen LogP contribution in [-0.2, 0) is 23.0 Å². The average molecular weight is 538 g/mol. The number of aliphatic hydroxyl groups excluding tert-OH is 1. The maximum absolute atomic E-state index is 13.9. The molecule has 1 unspecified atom stereocenters. The van der Waals surface area contributed by atoms with Crippen LogP contribution in [0.3, 0.4) is 0 Å². The molecule has 202 valence electrons. The number of aliphatic hydroxyl groups is 1. The van der Waals surface area contributed by atoms with E-state index in [1.807, 2.05) is 50.2 Å². The molecule has 8 nitrogen and oxygen atoms in total. The molecule has 0 aliphatic carbocycles. The van der Waals surface area contributed by atoms with Gasteiger partial charge in [0.25, 0.3) is 15.9 Å². The molecule has 0 fully saturated rings. The van der Waals surface area contributed by atoms with Gasteiger partial charge in [-0.2, -0.15) is 0 Å². The fourth-order valence-corrected chi connectivity index (χ4v) is 6.38. The van der Waals surface area contributed by atoms with Crippen LogP contribution >= 0.6 is 0 Å². The van der Waals surface area contributed by atoms with E-state index in [2.05, 4.69) is 11.8 Å². The third-order valence-corrected chi connectivity index (χ3v) is 8.60. The van der Waals surface area contributed by atoms with Gasteiger partial charge in [0.15, 0.2) is 0 Å². The number of nitrogens with one attached hydrogen (secondary N) is 1. The third-order valence-electron chi connectivity index (χ3n) is 6.81. The molecule has 4 rings (SSSR count). The van der Waals surface area contributed by atoms with Gasteiger partial charge in [0.05, 0.1) is 16.7 Å². The van der Waals surface area contributed by atoms with Gasteiger partial charge in [-0.1, -0.05) is 45.0 Å². The first-order chi connectivity index (χ1) is 18.1. The zero-order valence-electron chi connectivity index (χ0n) is 22.0. The Labute approximate surface area is 224 Å². The topological polar surface area (TPSA) is 110 Å². The first-order valence-corrected chi connectivity index (χ1v) is 14.3. The van der Waals surface area contributed by atoms with Crippen LogP contribution in [0.2, 0.25) is 0 Å². The first kappa shape index (κ1) is 27.6. The van der Waals surface area contributed by atoms with Crippen molar-refractivity contribution in [2.45, 2.75) is 51.2 Å². The van der Waals surface area contributed by atoms with Crippen molar-refractivity contribution in [2.24, 2.45) is 5.92 Å². The number of amides is 1. The Morgan fingerprint density at radius 3 is 2.32 bits per heavy atom. The van der Waals surface area contributed by atoms with Crippen molar-refractivity contribution in [1.82, 2.24) is 5.48 Å². The quantitative estimate of drug-likeness (QED) is 0.270. The van der Waals surface area contributed by atoms with Gasteiger partial charge in [-0.05, 0) is 72.4 Å². The average Bonchev–Trinajstić information content (AvgIpc) is 2.93. The second kappa shape index (κ2) is 11.6. The molecule has 0 aromatic heterocycles. The van der Waals surface area contributed by atoms with Crippen molar-refractivity contribution in [2.75, 3.05) is 22.3 Å².